The van der Waals surface area contributed by atoms with Gasteiger partial charge in [0.2, 0.25) is 11.6 Å². The lowest BCUT2D eigenvalue weighted by atomic mass is 9.99. The van der Waals surface area contributed by atoms with Crippen LogP contribution >= 0.6 is 0 Å². The van der Waals surface area contributed by atoms with Crippen molar-refractivity contribution in [3.63, 3.8) is 0 Å². The summed E-state index contributed by atoms with van der Waals surface area (Å²) in [5, 5.41) is 12.3. The van der Waals surface area contributed by atoms with Gasteiger partial charge in [0.05, 0.1) is 30.8 Å². The number of ether oxygens (including phenoxy) is 1. The van der Waals surface area contributed by atoms with Gasteiger partial charge in [-0.05, 0) is 36.6 Å². The summed E-state index contributed by atoms with van der Waals surface area (Å²) < 4.78 is 10.5. The largest absolute Gasteiger partial charge is 0.467 e. The molecule has 3 heterocycles. The van der Waals surface area contributed by atoms with Gasteiger partial charge in [-0.15, -0.1) is 0 Å². The number of hydrogen-bond acceptors (Lipinski definition) is 9. The molecule has 2 aromatic heterocycles. The van der Waals surface area contributed by atoms with Crippen LogP contribution in [0.3, 0.4) is 0 Å². The molecule has 1 aliphatic rings. The number of hydrogen-bond donors (Lipinski definition) is 0. The third-order valence-electron chi connectivity index (χ3n) is 5.74. The molecule has 10 nitrogen and oxygen atoms in total. The highest BCUT2D eigenvalue weighted by atomic mass is 16.6. The van der Waals surface area contributed by atoms with E-state index in [2.05, 4.69) is 28.2 Å². The van der Waals surface area contributed by atoms with Gasteiger partial charge in [-0.2, -0.15) is 0 Å². The Morgan fingerprint density at radius 2 is 2.06 bits per heavy atom. The van der Waals surface area contributed by atoms with Crippen molar-refractivity contribution in [2.75, 3.05) is 36.0 Å². The fourth-order valence-corrected chi connectivity index (χ4v) is 4.07. The summed E-state index contributed by atoms with van der Waals surface area (Å²) in [6.07, 6.45) is 5.72. The minimum atomic E-state index is -0.458. The topological polar surface area (TPSA) is 115 Å². The maximum atomic E-state index is 12.3. The van der Waals surface area contributed by atoms with E-state index in [1.54, 1.807) is 24.0 Å². The zero-order valence-electron chi connectivity index (χ0n) is 19.5. The van der Waals surface area contributed by atoms with Gasteiger partial charge < -0.3 is 19.0 Å². The number of carbonyl (C=O) groups excluding carboxylic acids is 1. The van der Waals surface area contributed by atoms with E-state index in [-0.39, 0.29) is 49.4 Å². The highest BCUT2D eigenvalue weighted by molar-refractivity contribution is 5.75. The van der Waals surface area contributed by atoms with Gasteiger partial charge in [-0.25, -0.2) is 9.97 Å². The van der Waals surface area contributed by atoms with E-state index in [1.165, 1.54) is 18.2 Å². The summed E-state index contributed by atoms with van der Waals surface area (Å²) in [6.45, 7) is 3.46. The van der Waals surface area contributed by atoms with Crippen LogP contribution in [-0.2, 0) is 16.1 Å². The van der Waals surface area contributed by atoms with Crippen molar-refractivity contribution >= 4 is 28.9 Å². The minimum absolute atomic E-state index is 0.0535. The van der Waals surface area contributed by atoms with E-state index in [0.717, 1.165) is 12.0 Å². The van der Waals surface area contributed by atoms with Crippen LogP contribution in [-0.4, -0.2) is 47.1 Å². The lowest BCUT2D eigenvalue weighted by molar-refractivity contribution is -0.383. The van der Waals surface area contributed by atoms with Crippen LogP contribution in [0.2, 0.25) is 0 Å². The molecule has 0 radical (unpaired) electrons. The van der Waals surface area contributed by atoms with Gasteiger partial charge in [-0.1, -0.05) is 36.4 Å². The maximum absolute atomic E-state index is 12.3. The molecule has 0 bridgehead atoms. The number of anilines is 2. The van der Waals surface area contributed by atoms with Crippen molar-refractivity contribution in [1.82, 2.24) is 9.97 Å². The Balaban J connectivity index is 1.63. The van der Waals surface area contributed by atoms with Crippen molar-refractivity contribution in [2.24, 2.45) is 0 Å². The van der Waals surface area contributed by atoms with Crippen LogP contribution in [0.15, 0.2) is 65.5 Å². The highest BCUT2D eigenvalue weighted by Gasteiger charge is 2.31. The first-order valence-electron chi connectivity index (χ1n) is 11.5. The summed E-state index contributed by atoms with van der Waals surface area (Å²) in [5.41, 5.74) is 2.15. The summed E-state index contributed by atoms with van der Waals surface area (Å²) in [7, 11) is 0. The normalized spacial score (nSPS) is 13.3. The molecular formula is C25H27N5O5. The van der Waals surface area contributed by atoms with E-state index < -0.39 is 4.92 Å². The molecule has 0 saturated heterocycles. The smallest absolute Gasteiger partial charge is 0.353 e. The summed E-state index contributed by atoms with van der Waals surface area (Å²) in [6, 6.07) is 13.6. The molecule has 4 rings (SSSR count). The van der Waals surface area contributed by atoms with E-state index in [1.807, 2.05) is 23.1 Å². The summed E-state index contributed by atoms with van der Waals surface area (Å²) in [4.78, 5) is 35.9. The zero-order valence-corrected chi connectivity index (χ0v) is 19.5. The minimum Gasteiger partial charge on any atom is -0.467 e. The monoisotopic (exact) mass is 477 g/mol. The van der Waals surface area contributed by atoms with Crippen molar-refractivity contribution in [1.29, 1.82) is 0 Å². The Morgan fingerprint density at radius 1 is 1.23 bits per heavy atom. The Morgan fingerprint density at radius 3 is 2.71 bits per heavy atom. The zero-order chi connectivity index (χ0) is 24.6. The number of esters is 1. The van der Waals surface area contributed by atoms with Crippen LogP contribution in [0.25, 0.3) is 5.57 Å². The van der Waals surface area contributed by atoms with E-state index in [9.17, 15) is 14.9 Å². The number of nitro groups is 1. The highest BCUT2D eigenvalue weighted by Crippen LogP contribution is 2.36. The molecule has 1 aromatic carbocycles. The second kappa shape index (κ2) is 11.3. The van der Waals surface area contributed by atoms with Crippen LogP contribution in [0.1, 0.15) is 31.1 Å². The van der Waals surface area contributed by atoms with Crippen molar-refractivity contribution in [3.05, 3.63) is 82.6 Å². The van der Waals surface area contributed by atoms with Crippen LogP contribution < -0.4 is 9.80 Å². The lowest BCUT2D eigenvalue weighted by Gasteiger charge is -2.29. The molecule has 0 atom stereocenters. The van der Waals surface area contributed by atoms with E-state index in [4.69, 9.17) is 9.15 Å². The SMILES string of the molecule is CCOC(=O)CCN(Cc1ccco1)c1ncnc(N2CC=C(c3ccccc3)CC2)c1[N+](=O)[O-]. The standard InChI is InChI=1S/C25H27N5O5/c1-2-34-22(31)12-15-29(17-21-9-6-16-35-21)25-23(30(32)33)24(26-18-27-25)28-13-10-20(11-14-28)19-7-4-3-5-8-19/h3-10,16,18H,2,11-15,17H2,1H3. The van der Waals surface area contributed by atoms with Gasteiger partial charge in [0.1, 0.15) is 12.1 Å². The van der Waals surface area contributed by atoms with Crippen molar-refractivity contribution < 1.29 is 18.9 Å². The van der Waals surface area contributed by atoms with Gasteiger partial charge in [0.15, 0.2) is 0 Å². The molecule has 0 amide bonds. The third kappa shape index (κ3) is 5.84. The van der Waals surface area contributed by atoms with Crippen LogP contribution in [0, 0.1) is 10.1 Å². The van der Waals surface area contributed by atoms with Crippen LogP contribution in [0.5, 0.6) is 0 Å². The predicted octanol–water partition coefficient (Wildman–Crippen LogP) is 4.23. The fraction of sp³-hybridized carbons (Fsp3) is 0.320. The average molecular weight is 478 g/mol. The molecule has 0 N–H and O–H groups in total. The second-order valence-corrected chi connectivity index (χ2v) is 7.97. The molecule has 182 valence electrons. The van der Waals surface area contributed by atoms with Gasteiger partial charge in [0.25, 0.3) is 0 Å². The molecule has 35 heavy (non-hydrogen) atoms. The first kappa shape index (κ1) is 23.9. The van der Waals surface area contributed by atoms with Gasteiger partial charge >= 0.3 is 11.7 Å². The number of aromatic nitrogens is 2. The molecule has 0 saturated carbocycles. The van der Waals surface area contributed by atoms with Gasteiger partial charge in [0, 0.05) is 19.6 Å². The van der Waals surface area contributed by atoms with Crippen molar-refractivity contribution in [3.8, 4) is 0 Å². The second-order valence-electron chi connectivity index (χ2n) is 7.97. The van der Waals surface area contributed by atoms with Crippen molar-refractivity contribution in [2.45, 2.75) is 26.3 Å². The Kier molecular flexibility index (Phi) is 7.71. The van der Waals surface area contributed by atoms with Crippen LogP contribution in [0.4, 0.5) is 17.3 Å². The predicted molar refractivity (Wildman–Crippen MR) is 131 cm³/mol. The lowest BCUT2D eigenvalue weighted by Crippen LogP contribution is -2.32. The third-order valence-corrected chi connectivity index (χ3v) is 5.74. The molecule has 0 aliphatic carbocycles. The van der Waals surface area contributed by atoms with E-state index >= 15 is 0 Å². The first-order valence-corrected chi connectivity index (χ1v) is 11.5. The molecule has 0 spiro atoms. The quantitative estimate of drug-likeness (QED) is 0.240. The van der Waals surface area contributed by atoms with E-state index in [0.29, 0.717) is 18.8 Å². The Bertz CT molecular complexity index is 1180. The molecule has 3 aromatic rings. The number of nitrogens with zero attached hydrogens (tertiary/aromatic N) is 5. The fourth-order valence-electron chi connectivity index (χ4n) is 4.07. The first-order chi connectivity index (χ1) is 17.1. The molecular weight excluding hydrogens is 450 g/mol. The molecule has 1 aliphatic heterocycles. The van der Waals surface area contributed by atoms with Gasteiger partial charge in [-0.3, -0.25) is 14.9 Å². The average Bonchev–Trinajstić information content (AvgIpc) is 3.40. The summed E-state index contributed by atoms with van der Waals surface area (Å²) >= 11 is 0. The molecule has 0 unspecified atom stereocenters. The Labute approximate surface area is 203 Å². The number of rotatable bonds is 10. The molecule has 10 heteroatoms. The number of carbonyl (C=O) groups is 1. The molecule has 0 fully saturated rings. The number of benzene rings is 1. The number of furan rings is 1. The Hall–Kier alpha value is -4.21. The maximum Gasteiger partial charge on any atom is 0.353 e. The summed E-state index contributed by atoms with van der Waals surface area (Å²) in [5.74, 6) is 0.600.